The van der Waals surface area contributed by atoms with Crippen molar-refractivity contribution in [2.45, 2.75) is 6.92 Å². The number of aromatic carboxylic acids is 1. The third kappa shape index (κ3) is 3.39. The first-order valence-corrected chi connectivity index (χ1v) is 6.30. The minimum Gasteiger partial charge on any atom is -0.496 e. The molecule has 0 radical (unpaired) electrons. The molecule has 0 heterocycles. The van der Waals surface area contributed by atoms with E-state index in [0.717, 1.165) is 5.56 Å². The van der Waals surface area contributed by atoms with Gasteiger partial charge in [0.2, 0.25) is 0 Å². The van der Waals surface area contributed by atoms with E-state index in [2.05, 4.69) is 5.32 Å². The summed E-state index contributed by atoms with van der Waals surface area (Å²) in [7, 11) is 1.38. The number of carboxylic acids is 1. The van der Waals surface area contributed by atoms with Crippen molar-refractivity contribution >= 4 is 17.6 Å². The fraction of sp³-hybridized carbons (Fsp3) is 0.125. The number of carbonyl (C=O) groups is 2. The molecule has 0 aliphatic carbocycles. The van der Waals surface area contributed by atoms with Crippen molar-refractivity contribution in [1.82, 2.24) is 0 Å². The molecule has 5 nitrogen and oxygen atoms in total. The van der Waals surface area contributed by atoms with Crippen molar-refractivity contribution in [1.29, 1.82) is 0 Å². The molecule has 2 rings (SSSR count). The molecule has 2 N–H and O–H groups in total. The summed E-state index contributed by atoms with van der Waals surface area (Å²) in [6.45, 7) is 1.90. The predicted octanol–water partition coefficient (Wildman–Crippen LogP) is 2.95. The molecule has 0 saturated heterocycles. The lowest BCUT2D eigenvalue weighted by molar-refractivity contribution is 0.0693. The number of carbonyl (C=O) groups excluding carboxylic acids is 1. The van der Waals surface area contributed by atoms with Crippen LogP contribution in [0.15, 0.2) is 42.5 Å². The predicted molar refractivity (Wildman–Crippen MR) is 79.1 cm³/mol. The van der Waals surface area contributed by atoms with E-state index in [1.807, 2.05) is 13.0 Å². The van der Waals surface area contributed by atoms with Gasteiger partial charge in [-0.2, -0.15) is 0 Å². The average Bonchev–Trinajstić information content (AvgIpc) is 2.46. The smallest absolute Gasteiger partial charge is 0.339 e. The highest BCUT2D eigenvalue weighted by atomic mass is 16.5. The van der Waals surface area contributed by atoms with E-state index >= 15 is 0 Å². The second kappa shape index (κ2) is 6.09. The summed E-state index contributed by atoms with van der Waals surface area (Å²) in [5, 5.41) is 11.7. The van der Waals surface area contributed by atoms with Crippen LogP contribution in [0.4, 0.5) is 5.69 Å². The molecule has 0 aromatic heterocycles. The highest BCUT2D eigenvalue weighted by molar-refractivity contribution is 6.04. The van der Waals surface area contributed by atoms with Crippen LogP contribution in [0.2, 0.25) is 0 Å². The van der Waals surface area contributed by atoms with E-state index in [9.17, 15) is 9.59 Å². The lowest BCUT2D eigenvalue weighted by atomic mass is 10.1. The Kier molecular flexibility index (Phi) is 4.23. The molecule has 2 aromatic carbocycles. The first-order chi connectivity index (χ1) is 10.0. The molecule has 0 bridgehead atoms. The lowest BCUT2D eigenvalue weighted by Gasteiger charge is -2.09. The number of hydrogen-bond acceptors (Lipinski definition) is 3. The Labute approximate surface area is 122 Å². The molecule has 2 aromatic rings. The van der Waals surface area contributed by atoms with Gasteiger partial charge in [0.1, 0.15) is 11.3 Å². The molecule has 0 fully saturated rings. The van der Waals surface area contributed by atoms with E-state index in [4.69, 9.17) is 9.84 Å². The van der Waals surface area contributed by atoms with Gasteiger partial charge in [-0.1, -0.05) is 17.7 Å². The van der Waals surface area contributed by atoms with Gasteiger partial charge >= 0.3 is 5.97 Å². The highest BCUT2D eigenvalue weighted by Crippen LogP contribution is 2.23. The van der Waals surface area contributed by atoms with Crippen LogP contribution in [0.3, 0.4) is 0 Å². The normalized spacial score (nSPS) is 10.0. The van der Waals surface area contributed by atoms with E-state index in [1.165, 1.54) is 25.3 Å². The van der Waals surface area contributed by atoms with E-state index in [-0.39, 0.29) is 17.2 Å². The standard InChI is InChI=1S/C16H15NO4/c1-10-4-3-5-11(8-10)15(18)17-12-6-7-13(16(19)20)14(9-12)21-2/h3-9H,1-2H3,(H,17,18)(H,19,20). The van der Waals surface area contributed by atoms with Crippen LogP contribution in [0.25, 0.3) is 0 Å². The van der Waals surface area contributed by atoms with Gasteiger partial charge in [0.25, 0.3) is 5.91 Å². The fourth-order valence-electron chi connectivity index (χ4n) is 1.94. The van der Waals surface area contributed by atoms with Crippen molar-refractivity contribution in [2.75, 3.05) is 12.4 Å². The Hall–Kier alpha value is -2.82. The Morgan fingerprint density at radius 3 is 2.52 bits per heavy atom. The summed E-state index contributed by atoms with van der Waals surface area (Å²) in [4.78, 5) is 23.1. The second-order valence-electron chi connectivity index (χ2n) is 4.54. The molecule has 5 heteroatoms. The molecular weight excluding hydrogens is 270 g/mol. The maximum atomic E-state index is 12.1. The molecule has 1 amide bonds. The molecule has 0 aliphatic rings. The number of hydrogen-bond donors (Lipinski definition) is 2. The zero-order valence-electron chi connectivity index (χ0n) is 11.7. The monoisotopic (exact) mass is 285 g/mol. The summed E-state index contributed by atoms with van der Waals surface area (Å²) in [6, 6.07) is 11.6. The topological polar surface area (TPSA) is 75.6 Å². The first-order valence-electron chi connectivity index (χ1n) is 6.30. The SMILES string of the molecule is COc1cc(NC(=O)c2cccc(C)c2)ccc1C(=O)O. The maximum absolute atomic E-state index is 12.1. The number of nitrogens with one attached hydrogen (secondary N) is 1. The van der Waals surface area contributed by atoms with Gasteiger partial charge in [-0.05, 0) is 31.2 Å². The van der Waals surface area contributed by atoms with E-state index in [1.54, 1.807) is 18.2 Å². The van der Waals surface area contributed by atoms with Crippen molar-refractivity contribution in [3.63, 3.8) is 0 Å². The number of benzene rings is 2. The zero-order chi connectivity index (χ0) is 15.4. The van der Waals surface area contributed by atoms with Crippen LogP contribution in [0.1, 0.15) is 26.3 Å². The number of rotatable bonds is 4. The molecular formula is C16H15NO4. The fourth-order valence-corrected chi connectivity index (χ4v) is 1.94. The van der Waals surface area contributed by atoms with E-state index < -0.39 is 5.97 Å². The molecule has 0 saturated carbocycles. The maximum Gasteiger partial charge on any atom is 0.339 e. The number of ether oxygens (including phenoxy) is 1. The minimum absolute atomic E-state index is 0.0473. The van der Waals surface area contributed by atoms with Crippen LogP contribution in [-0.4, -0.2) is 24.1 Å². The summed E-state index contributed by atoms with van der Waals surface area (Å²) in [6.07, 6.45) is 0. The van der Waals surface area contributed by atoms with Crippen LogP contribution in [0, 0.1) is 6.92 Å². The van der Waals surface area contributed by atoms with Gasteiger partial charge in [0.05, 0.1) is 7.11 Å². The largest absolute Gasteiger partial charge is 0.496 e. The Bertz CT molecular complexity index is 694. The summed E-state index contributed by atoms with van der Waals surface area (Å²) in [5.74, 6) is -1.14. The van der Waals surface area contributed by atoms with E-state index in [0.29, 0.717) is 11.3 Å². The van der Waals surface area contributed by atoms with Crippen LogP contribution in [-0.2, 0) is 0 Å². The van der Waals surface area contributed by atoms with Crippen LogP contribution >= 0.6 is 0 Å². The summed E-state index contributed by atoms with van der Waals surface area (Å²) >= 11 is 0. The number of amides is 1. The van der Waals surface area contributed by atoms with Crippen LogP contribution in [0.5, 0.6) is 5.75 Å². The number of anilines is 1. The molecule has 21 heavy (non-hydrogen) atoms. The number of methoxy groups -OCH3 is 1. The Morgan fingerprint density at radius 1 is 1.14 bits per heavy atom. The molecule has 0 spiro atoms. The molecule has 0 unspecified atom stereocenters. The van der Waals surface area contributed by atoms with Gasteiger partial charge in [-0.3, -0.25) is 4.79 Å². The quantitative estimate of drug-likeness (QED) is 0.905. The Morgan fingerprint density at radius 2 is 1.90 bits per heavy atom. The van der Waals surface area contributed by atoms with Crippen molar-refractivity contribution < 1.29 is 19.4 Å². The van der Waals surface area contributed by atoms with Crippen molar-refractivity contribution in [2.24, 2.45) is 0 Å². The highest BCUT2D eigenvalue weighted by Gasteiger charge is 2.13. The third-order valence-corrected chi connectivity index (χ3v) is 2.97. The second-order valence-corrected chi connectivity index (χ2v) is 4.54. The van der Waals surface area contributed by atoms with Gasteiger partial charge < -0.3 is 15.2 Å². The summed E-state index contributed by atoms with van der Waals surface area (Å²) < 4.78 is 5.02. The number of aryl methyl sites for hydroxylation is 1. The molecule has 108 valence electrons. The summed E-state index contributed by atoms with van der Waals surface area (Å²) in [5.41, 5.74) is 2.05. The first kappa shape index (κ1) is 14.6. The third-order valence-electron chi connectivity index (χ3n) is 2.97. The zero-order valence-corrected chi connectivity index (χ0v) is 11.7. The van der Waals surface area contributed by atoms with Gasteiger partial charge in [-0.15, -0.1) is 0 Å². The van der Waals surface area contributed by atoms with Crippen LogP contribution < -0.4 is 10.1 Å². The Balaban J connectivity index is 2.24. The average molecular weight is 285 g/mol. The van der Waals surface area contributed by atoms with Crippen molar-refractivity contribution in [3.8, 4) is 5.75 Å². The van der Waals surface area contributed by atoms with Gasteiger partial charge in [-0.25, -0.2) is 4.79 Å². The van der Waals surface area contributed by atoms with Gasteiger partial charge in [0.15, 0.2) is 0 Å². The minimum atomic E-state index is -1.08. The lowest BCUT2D eigenvalue weighted by Crippen LogP contribution is -2.12. The molecule has 0 aliphatic heterocycles. The van der Waals surface area contributed by atoms with Gasteiger partial charge in [0, 0.05) is 17.3 Å². The van der Waals surface area contributed by atoms with Crippen molar-refractivity contribution in [3.05, 3.63) is 59.2 Å². The number of carboxylic acid groups (broad SMARTS) is 1. The molecule has 0 atom stereocenters.